The fourth-order valence-electron chi connectivity index (χ4n) is 3.15. The van der Waals surface area contributed by atoms with E-state index in [4.69, 9.17) is 21.6 Å². The van der Waals surface area contributed by atoms with Gasteiger partial charge in [0.2, 0.25) is 0 Å². The zero-order valence-corrected chi connectivity index (χ0v) is 20.5. The topological polar surface area (TPSA) is 40.5 Å². The molecule has 4 aromatic rings. The van der Waals surface area contributed by atoms with Crippen molar-refractivity contribution in [3.8, 4) is 11.1 Å². The van der Waals surface area contributed by atoms with Crippen LogP contribution < -0.4 is 5.46 Å². The van der Waals surface area contributed by atoms with Gasteiger partial charge >= 0.3 is 13.3 Å². The summed E-state index contributed by atoms with van der Waals surface area (Å²) < 4.78 is 35.6. The normalized spacial score (nSPS) is 10.4. The summed E-state index contributed by atoms with van der Waals surface area (Å²) in [4.78, 5) is 0. The van der Waals surface area contributed by atoms with Crippen molar-refractivity contribution in [2.24, 2.45) is 0 Å². The summed E-state index contributed by atoms with van der Waals surface area (Å²) in [7, 11) is -1.35. The molecule has 0 unspecified atom stereocenters. The summed E-state index contributed by atoms with van der Waals surface area (Å²) >= 11 is 5.39. The number of alkyl halides is 3. The maximum absolute atomic E-state index is 11.9. The van der Waals surface area contributed by atoms with Gasteiger partial charge in [-0.15, -0.1) is 0 Å². The molecule has 182 valence electrons. The van der Waals surface area contributed by atoms with Crippen LogP contribution in [0.5, 0.6) is 0 Å². The van der Waals surface area contributed by atoms with Crippen LogP contribution in [0.15, 0.2) is 97.1 Å². The summed E-state index contributed by atoms with van der Waals surface area (Å²) in [6.07, 6.45) is -4.27. The van der Waals surface area contributed by atoms with Gasteiger partial charge in [-0.25, -0.2) is 0 Å². The van der Waals surface area contributed by atoms with Crippen molar-refractivity contribution in [3.05, 3.63) is 124 Å². The Morgan fingerprint density at radius 3 is 1.63 bits per heavy atom. The predicted molar refractivity (Wildman–Crippen MR) is 139 cm³/mol. The van der Waals surface area contributed by atoms with E-state index in [1.54, 1.807) is 12.1 Å². The largest absolute Gasteiger partial charge is 0.488 e. The summed E-state index contributed by atoms with van der Waals surface area (Å²) in [5.41, 5.74) is 6.06. The first-order valence-electron chi connectivity index (χ1n) is 10.9. The Hall–Kier alpha value is -3.06. The molecule has 4 rings (SSSR count). The van der Waals surface area contributed by atoms with E-state index in [-0.39, 0.29) is 0 Å². The Balaban J connectivity index is 0.000000189. The fraction of sp³-hybridized carbons (Fsp3) is 0.143. The highest BCUT2D eigenvalue weighted by molar-refractivity contribution is 6.59. The van der Waals surface area contributed by atoms with Crippen LogP contribution in [0.1, 0.15) is 22.3 Å². The standard InChI is InChI=1S/C14H14.C7H9BO2.C7H4ClF3/c1-11-7-9-13(10-8-11)14-6-4-3-5-12(14)2;1-6-4-2-3-5-7(6)8(9)10;8-6-3-1-5(2-4-6)7(9,10)11/h3-10H,1-2H3;2-5,9-10H,1H3;1-4H. The first-order chi connectivity index (χ1) is 16.5. The second-order valence-corrected chi connectivity index (χ2v) is 8.35. The molecule has 0 saturated heterocycles. The molecule has 35 heavy (non-hydrogen) atoms. The van der Waals surface area contributed by atoms with Gasteiger partial charge in [-0.2, -0.15) is 13.2 Å². The van der Waals surface area contributed by atoms with Crippen LogP contribution >= 0.6 is 11.6 Å². The van der Waals surface area contributed by atoms with Crippen LogP contribution in [0.4, 0.5) is 13.2 Å². The molecule has 2 nitrogen and oxygen atoms in total. The molecule has 7 heteroatoms. The summed E-state index contributed by atoms with van der Waals surface area (Å²) in [5.74, 6) is 0. The predicted octanol–water partition coefficient (Wildman–Crippen LogP) is 7.00. The Morgan fingerprint density at radius 1 is 0.657 bits per heavy atom. The van der Waals surface area contributed by atoms with E-state index in [1.165, 1.54) is 34.4 Å². The number of aryl methyl sites for hydroxylation is 3. The fourth-order valence-corrected chi connectivity index (χ4v) is 3.27. The molecule has 0 spiro atoms. The molecule has 0 bridgehead atoms. The van der Waals surface area contributed by atoms with E-state index in [0.29, 0.717) is 10.5 Å². The Morgan fingerprint density at radius 2 is 1.17 bits per heavy atom. The van der Waals surface area contributed by atoms with Gasteiger partial charge in [0.1, 0.15) is 0 Å². The number of rotatable bonds is 2. The minimum absolute atomic E-state index is 0.304. The van der Waals surface area contributed by atoms with E-state index in [2.05, 4.69) is 62.4 Å². The molecular formula is C28H27BClF3O2. The molecule has 0 radical (unpaired) electrons. The van der Waals surface area contributed by atoms with Crippen molar-refractivity contribution in [3.63, 3.8) is 0 Å². The van der Waals surface area contributed by atoms with Crippen molar-refractivity contribution in [2.75, 3.05) is 0 Å². The van der Waals surface area contributed by atoms with Gasteiger partial charge in [0.15, 0.2) is 0 Å². The second-order valence-electron chi connectivity index (χ2n) is 7.92. The number of halogens is 4. The molecule has 0 saturated carbocycles. The van der Waals surface area contributed by atoms with Crippen LogP contribution in [-0.2, 0) is 6.18 Å². The lowest BCUT2D eigenvalue weighted by Crippen LogP contribution is -2.31. The lowest BCUT2D eigenvalue weighted by molar-refractivity contribution is -0.137. The van der Waals surface area contributed by atoms with Gasteiger partial charge in [-0.05, 0) is 67.2 Å². The molecule has 0 aliphatic rings. The average Bonchev–Trinajstić information content (AvgIpc) is 2.81. The lowest BCUT2D eigenvalue weighted by atomic mass is 9.77. The SMILES string of the molecule is Cc1ccc(-c2ccccc2C)cc1.Cc1ccccc1B(O)O.FC(F)(F)c1ccc(Cl)cc1. The Labute approximate surface area is 209 Å². The molecular weight excluding hydrogens is 472 g/mol. The smallest absolute Gasteiger partial charge is 0.423 e. The van der Waals surface area contributed by atoms with Crippen molar-refractivity contribution in [1.82, 2.24) is 0 Å². The third kappa shape index (κ3) is 9.25. The lowest BCUT2D eigenvalue weighted by Gasteiger charge is -2.05. The van der Waals surface area contributed by atoms with E-state index < -0.39 is 18.9 Å². The van der Waals surface area contributed by atoms with Crippen molar-refractivity contribution < 1.29 is 23.2 Å². The molecule has 0 heterocycles. The van der Waals surface area contributed by atoms with E-state index in [0.717, 1.165) is 17.7 Å². The Bertz CT molecular complexity index is 1190. The number of hydrogen-bond donors (Lipinski definition) is 2. The van der Waals surface area contributed by atoms with Crippen LogP contribution in [0.3, 0.4) is 0 Å². The summed E-state index contributed by atoms with van der Waals surface area (Å²) in [5, 5.41) is 17.8. The average molecular weight is 499 g/mol. The molecule has 0 aliphatic heterocycles. The third-order valence-electron chi connectivity index (χ3n) is 5.15. The quantitative estimate of drug-likeness (QED) is 0.292. The van der Waals surface area contributed by atoms with Crippen molar-refractivity contribution in [2.45, 2.75) is 26.9 Å². The first-order valence-corrected chi connectivity index (χ1v) is 11.2. The minimum atomic E-state index is -4.27. The first kappa shape index (κ1) is 28.2. The van der Waals surface area contributed by atoms with Crippen LogP contribution in [0.2, 0.25) is 5.02 Å². The summed E-state index contributed by atoms with van der Waals surface area (Å²) in [6, 6.07) is 28.6. The molecule has 0 fully saturated rings. The van der Waals surface area contributed by atoms with Gasteiger partial charge in [0, 0.05) is 5.02 Å². The minimum Gasteiger partial charge on any atom is -0.423 e. The Kier molecular flexibility index (Phi) is 10.6. The highest BCUT2D eigenvalue weighted by Gasteiger charge is 2.29. The molecule has 0 amide bonds. The number of benzene rings is 4. The summed E-state index contributed by atoms with van der Waals surface area (Å²) in [6.45, 7) is 6.10. The van der Waals surface area contributed by atoms with Gasteiger partial charge in [0.25, 0.3) is 0 Å². The maximum atomic E-state index is 11.9. The van der Waals surface area contributed by atoms with Crippen molar-refractivity contribution in [1.29, 1.82) is 0 Å². The zero-order valence-electron chi connectivity index (χ0n) is 19.7. The van der Waals surface area contributed by atoms with Crippen LogP contribution in [0, 0.1) is 20.8 Å². The third-order valence-corrected chi connectivity index (χ3v) is 5.40. The van der Waals surface area contributed by atoms with Crippen LogP contribution in [0.25, 0.3) is 11.1 Å². The van der Waals surface area contributed by atoms with Gasteiger partial charge in [0.05, 0.1) is 5.56 Å². The number of hydrogen-bond acceptors (Lipinski definition) is 2. The monoisotopic (exact) mass is 498 g/mol. The molecule has 0 aromatic heterocycles. The second kappa shape index (κ2) is 13.1. The maximum Gasteiger partial charge on any atom is 0.488 e. The molecule has 4 aromatic carbocycles. The van der Waals surface area contributed by atoms with Crippen molar-refractivity contribution >= 4 is 24.2 Å². The van der Waals surface area contributed by atoms with E-state index >= 15 is 0 Å². The van der Waals surface area contributed by atoms with Gasteiger partial charge < -0.3 is 10.0 Å². The highest BCUT2D eigenvalue weighted by Crippen LogP contribution is 2.29. The van der Waals surface area contributed by atoms with E-state index in [1.807, 2.05) is 19.1 Å². The highest BCUT2D eigenvalue weighted by atomic mass is 35.5. The molecule has 2 N–H and O–H groups in total. The molecule has 0 atom stereocenters. The van der Waals surface area contributed by atoms with Gasteiger partial charge in [-0.1, -0.05) is 95.5 Å². The van der Waals surface area contributed by atoms with Gasteiger partial charge in [-0.3, -0.25) is 0 Å². The van der Waals surface area contributed by atoms with E-state index in [9.17, 15) is 13.2 Å². The zero-order chi connectivity index (χ0) is 26.0. The van der Waals surface area contributed by atoms with Crippen LogP contribution in [-0.4, -0.2) is 17.2 Å². The molecule has 0 aliphatic carbocycles.